The molecular formula is C34H36ClFN4O6. The summed E-state index contributed by atoms with van der Waals surface area (Å²) in [5, 5.41) is 1.51. The van der Waals surface area contributed by atoms with Crippen LogP contribution in [0.3, 0.4) is 0 Å². The molecule has 10 nitrogen and oxygen atoms in total. The Bertz CT molecular complexity index is 1790. The van der Waals surface area contributed by atoms with Gasteiger partial charge in [-0.3, -0.25) is 24.0 Å². The largest absolute Gasteiger partial charge is 0.443 e. The number of carbonyl (C=O) groups excluding carboxylic acids is 5. The van der Waals surface area contributed by atoms with E-state index in [4.69, 9.17) is 16.3 Å². The smallest absolute Gasteiger partial charge is 0.312 e. The molecule has 4 heterocycles. The molecule has 1 unspecified atom stereocenters. The number of aromatic nitrogens is 1. The first kappa shape index (κ1) is 31.7. The summed E-state index contributed by atoms with van der Waals surface area (Å²) in [6, 6.07) is 7.73. The van der Waals surface area contributed by atoms with E-state index in [1.807, 2.05) is 13.0 Å². The second-order valence-electron chi connectivity index (χ2n) is 13.3. The van der Waals surface area contributed by atoms with Gasteiger partial charge in [-0.15, -0.1) is 0 Å². The van der Waals surface area contributed by atoms with Crippen LogP contribution in [0.5, 0.6) is 0 Å². The van der Waals surface area contributed by atoms with Crippen molar-refractivity contribution < 1.29 is 33.1 Å². The first-order valence-corrected chi connectivity index (χ1v) is 15.8. The maximum absolute atomic E-state index is 16.1. The van der Waals surface area contributed by atoms with Crippen molar-refractivity contribution in [3.63, 3.8) is 0 Å². The molecule has 2 saturated heterocycles. The van der Waals surface area contributed by atoms with Gasteiger partial charge in [-0.25, -0.2) is 9.29 Å². The molecule has 2 aromatic carbocycles. The van der Waals surface area contributed by atoms with Crippen LogP contribution in [0.2, 0.25) is 5.02 Å². The molecule has 2 fully saturated rings. The van der Waals surface area contributed by atoms with Crippen LogP contribution in [-0.2, 0) is 25.7 Å². The number of fused-ring (bicyclic) bond motifs is 2. The zero-order chi connectivity index (χ0) is 33.1. The summed E-state index contributed by atoms with van der Waals surface area (Å²) in [7, 11) is 0. The number of halogens is 2. The summed E-state index contributed by atoms with van der Waals surface area (Å²) in [6.45, 7) is 7.13. The predicted octanol–water partition coefficient (Wildman–Crippen LogP) is 5.31. The maximum atomic E-state index is 16.1. The number of aryl methyl sites for hydroxylation is 1. The van der Waals surface area contributed by atoms with E-state index in [2.05, 4.69) is 4.98 Å². The Morgan fingerprint density at radius 2 is 1.78 bits per heavy atom. The fourth-order valence-electron chi connectivity index (χ4n) is 6.62. The number of imide groups is 1. The van der Waals surface area contributed by atoms with Crippen molar-refractivity contribution in [2.45, 2.75) is 71.9 Å². The SMILES string of the molecule is Cc1c(C(=O)N2CCC(c3ccc4c(c3F)CN(C3CCC(=O)N(COC(=O)C(C)(C)C)C3=O)C4=O)CC2)[nH]c2cc(Cl)ccc12. The first-order chi connectivity index (χ1) is 21.8. The summed E-state index contributed by atoms with van der Waals surface area (Å²) >= 11 is 6.13. The monoisotopic (exact) mass is 650 g/mol. The second kappa shape index (κ2) is 11.8. The minimum absolute atomic E-state index is 0.0135. The minimum atomic E-state index is -0.979. The number of carbonyl (C=O) groups is 5. The third-order valence-corrected chi connectivity index (χ3v) is 9.58. The molecule has 4 amide bonds. The summed E-state index contributed by atoms with van der Waals surface area (Å²) in [5.74, 6) is -2.92. The Balaban J connectivity index is 1.13. The van der Waals surface area contributed by atoms with Crippen LogP contribution in [0, 0.1) is 18.2 Å². The zero-order valence-electron chi connectivity index (χ0n) is 26.2. The number of amides is 4. The van der Waals surface area contributed by atoms with Gasteiger partial charge >= 0.3 is 5.97 Å². The lowest BCUT2D eigenvalue weighted by molar-refractivity contribution is -0.168. The van der Waals surface area contributed by atoms with E-state index >= 15 is 4.39 Å². The number of esters is 1. The average molecular weight is 651 g/mol. The number of likely N-dealkylation sites (tertiary alicyclic amines) is 2. The van der Waals surface area contributed by atoms with Crippen LogP contribution in [0.1, 0.15) is 89.9 Å². The lowest BCUT2D eigenvalue weighted by Gasteiger charge is -2.35. The molecule has 6 rings (SSSR count). The lowest BCUT2D eigenvalue weighted by Crippen LogP contribution is -2.55. The van der Waals surface area contributed by atoms with Gasteiger partial charge in [0.2, 0.25) is 5.91 Å². The Morgan fingerprint density at radius 3 is 2.48 bits per heavy atom. The lowest BCUT2D eigenvalue weighted by atomic mass is 9.87. The van der Waals surface area contributed by atoms with E-state index in [0.717, 1.165) is 21.4 Å². The number of hydrogen-bond donors (Lipinski definition) is 1. The number of nitrogens with one attached hydrogen (secondary N) is 1. The molecule has 12 heteroatoms. The van der Waals surface area contributed by atoms with Crippen LogP contribution in [-0.4, -0.2) is 75.1 Å². The first-order valence-electron chi connectivity index (χ1n) is 15.5. The van der Waals surface area contributed by atoms with Crippen molar-refractivity contribution in [3.8, 4) is 0 Å². The molecular weight excluding hydrogens is 615 g/mol. The third-order valence-electron chi connectivity index (χ3n) is 9.35. The topological polar surface area (TPSA) is 120 Å². The Kier molecular flexibility index (Phi) is 8.16. The number of benzene rings is 2. The van der Waals surface area contributed by atoms with Gasteiger partial charge in [-0.2, -0.15) is 0 Å². The van der Waals surface area contributed by atoms with E-state index in [-0.39, 0.29) is 42.3 Å². The van der Waals surface area contributed by atoms with Crippen molar-refractivity contribution in [2.24, 2.45) is 5.41 Å². The van der Waals surface area contributed by atoms with E-state index in [9.17, 15) is 24.0 Å². The summed E-state index contributed by atoms with van der Waals surface area (Å²) in [6.07, 6.45) is 1.19. The van der Waals surface area contributed by atoms with E-state index in [1.54, 1.807) is 49.9 Å². The van der Waals surface area contributed by atoms with Gasteiger partial charge in [-0.05, 0) is 82.2 Å². The van der Waals surface area contributed by atoms with Gasteiger partial charge in [0.05, 0.1) is 12.0 Å². The van der Waals surface area contributed by atoms with Gasteiger partial charge in [0.1, 0.15) is 17.6 Å². The fraction of sp³-hybridized carbons (Fsp3) is 0.441. The van der Waals surface area contributed by atoms with Gasteiger partial charge in [0.15, 0.2) is 6.73 Å². The highest BCUT2D eigenvalue weighted by Crippen LogP contribution is 2.37. The summed E-state index contributed by atoms with van der Waals surface area (Å²) in [5.41, 5.74) is 2.25. The van der Waals surface area contributed by atoms with Crippen LogP contribution in [0.25, 0.3) is 10.9 Å². The molecule has 242 valence electrons. The number of piperidine rings is 2. The van der Waals surface area contributed by atoms with Crippen LogP contribution < -0.4 is 0 Å². The van der Waals surface area contributed by atoms with Gasteiger partial charge in [0.25, 0.3) is 17.7 Å². The molecule has 1 N–H and O–H groups in total. The summed E-state index contributed by atoms with van der Waals surface area (Å²) in [4.78, 5) is 72.1. The third kappa shape index (κ3) is 5.55. The number of nitrogens with zero attached hydrogens (tertiary/aromatic N) is 3. The molecule has 1 aromatic heterocycles. The molecule has 0 spiro atoms. The van der Waals surface area contributed by atoms with Crippen LogP contribution in [0.4, 0.5) is 4.39 Å². The molecule has 1 atom stereocenters. The average Bonchev–Trinajstić information content (AvgIpc) is 3.52. The highest BCUT2D eigenvalue weighted by molar-refractivity contribution is 6.31. The van der Waals surface area contributed by atoms with E-state index in [1.165, 1.54) is 4.90 Å². The van der Waals surface area contributed by atoms with Gasteiger partial charge in [-0.1, -0.05) is 23.7 Å². The molecule has 3 aromatic rings. The predicted molar refractivity (Wildman–Crippen MR) is 167 cm³/mol. The minimum Gasteiger partial charge on any atom is -0.443 e. The molecule has 3 aliphatic heterocycles. The molecule has 0 aliphatic carbocycles. The Hall–Kier alpha value is -4.25. The molecule has 0 bridgehead atoms. The van der Waals surface area contributed by atoms with Crippen LogP contribution in [0.15, 0.2) is 30.3 Å². The molecule has 46 heavy (non-hydrogen) atoms. The van der Waals surface area contributed by atoms with Crippen molar-refractivity contribution in [2.75, 3.05) is 19.8 Å². The second-order valence-corrected chi connectivity index (χ2v) is 13.8. The fourth-order valence-corrected chi connectivity index (χ4v) is 6.79. The van der Waals surface area contributed by atoms with Crippen LogP contribution >= 0.6 is 11.6 Å². The van der Waals surface area contributed by atoms with Crippen molar-refractivity contribution in [1.82, 2.24) is 19.7 Å². The van der Waals surface area contributed by atoms with Crippen molar-refractivity contribution in [3.05, 3.63) is 69.1 Å². The highest BCUT2D eigenvalue weighted by atomic mass is 35.5. The Labute approximate surface area is 270 Å². The molecule has 0 radical (unpaired) electrons. The number of rotatable bonds is 5. The van der Waals surface area contributed by atoms with E-state index < -0.39 is 47.7 Å². The molecule has 3 aliphatic rings. The quantitative estimate of drug-likeness (QED) is 0.295. The normalized spacial score (nSPS) is 19.3. The van der Waals surface area contributed by atoms with Crippen molar-refractivity contribution >= 4 is 52.1 Å². The Morgan fingerprint density at radius 1 is 1.07 bits per heavy atom. The molecule has 0 saturated carbocycles. The standard InChI is InChI=1S/C34H36ClFN4O6/c1-18-21-6-5-20(35)15-25(21)37-29(18)32(44)38-13-11-19(12-14-38)22-7-8-23-24(28(22)36)16-39(30(23)42)26-9-10-27(41)40(31(26)43)17-46-33(45)34(2,3)4/h5-8,15,19,26,37H,9-14,16-17H2,1-4H3. The highest BCUT2D eigenvalue weighted by Gasteiger charge is 2.44. The number of H-pyrrole nitrogens is 1. The van der Waals surface area contributed by atoms with Gasteiger partial charge < -0.3 is 19.5 Å². The number of ether oxygens (including phenoxy) is 1. The zero-order valence-corrected chi connectivity index (χ0v) is 27.0. The summed E-state index contributed by atoms with van der Waals surface area (Å²) < 4.78 is 21.3. The van der Waals surface area contributed by atoms with Gasteiger partial charge in [0, 0.05) is 46.6 Å². The van der Waals surface area contributed by atoms with E-state index in [0.29, 0.717) is 42.2 Å². The van der Waals surface area contributed by atoms with Crippen molar-refractivity contribution in [1.29, 1.82) is 0 Å². The number of hydrogen-bond acceptors (Lipinski definition) is 6. The maximum Gasteiger partial charge on any atom is 0.312 e. The number of aromatic amines is 1.